The molecule has 0 fully saturated rings. The highest BCUT2D eigenvalue weighted by Gasteiger charge is 2.21. The summed E-state index contributed by atoms with van der Waals surface area (Å²) < 4.78 is 4.72. The molecule has 0 aliphatic heterocycles. The third-order valence-corrected chi connectivity index (χ3v) is 3.67. The van der Waals surface area contributed by atoms with Crippen LogP contribution in [0.5, 0.6) is 0 Å². The molecule has 82 valence electrons. The molecule has 15 heavy (non-hydrogen) atoms. The third-order valence-electron chi connectivity index (χ3n) is 2.34. The van der Waals surface area contributed by atoms with Crippen LogP contribution in [0.25, 0.3) is 0 Å². The van der Waals surface area contributed by atoms with E-state index >= 15 is 0 Å². The number of esters is 1. The summed E-state index contributed by atoms with van der Waals surface area (Å²) in [5, 5.41) is 0.222. The molecule has 0 aromatic heterocycles. The Balaban J connectivity index is 2.56. The number of ether oxygens (including phenoxy) is 1. The molecular formula is C12H16O2S. The lowest BCUT2D eigenvalue weighted by Gasteiger charge is -2.16. The second kappa shape index (κ2) is 5.81. The van der Waals surface area contributed by atoms with Gasteiger partial charge in [0.1, 0.15) is 0 Å². The number of hydrogen-bond donors (Lipinski definition) is 0. The van der Waals surface area contributed by atoms with Gasteiger partial charge in [-0.05, 0) is 12.1 Å². The van der Waals surface area contributed by atoms with Gasteiger partial charge < -0.3 is 4.74 Å². The van der Waals surface area contributed by atoms with Gasteiger partial charge in [-0.3, -0.25) is 4.79 Å². The van der Waals surface area contributed by atoms with Crippen molar-refractivity contribution in [1.82, 2.24) is 0 Å². The molecule has 2 atom stereocenters. The van der Waals surface area contributed by atoms with E-state index in [-0.39, 0.29) is 17.1 Å². The summed E-state index contributed by atoms with van der Waals surface area (Å²) in [6.45, 7) is 3.94. The van der Waals surface area contributed by atoms with Gasteiger partial charge in [0.2, 0.25) is 0 Å². The Morgan fingerprint density at radius 3 is 2.40 bits per heavy atom. The number of methoxy groups -OCH3 is 1. The molecule has 1 aromatic rings. The number of benzene rings is 1. The minimum atomic E-state index is -0.147. The van der Waals surface area contributed by atoms with Crippen LogP contribution in [0.2, 0.25) is 0 Å². The third kappa shape index (κ3) is 3.59. The Bertz CT molecular complexity index is 311. The van der Waals surface area contributed by atoms with Crippen molar-refractivity contribution >= 4 is 17.7 Å². The van der Waals surface area contributed by atoms with Crippen molar-refractivity contribution in [3.05, 3.63) is 30.3 Å². The molecule has 0 amide bonds. The van der Waals surface area contributed by atoms with Crippen molar-refractivity contribution in [2.45, 2.75) is 24.0 Å². The second-order valence-corrected chi connectivity index (χ2v) is 4.90. The molecule has 0 saturated heterocycles. The fourth-order valence-corrected chi connectivity index (χ4v) is 2.25. The SMILES string of the molecule is COC(=O)[C@H](C)[C@H](C)Sc1ccccc1. The summed E-state index contributed by atoms with van der Waals surface area (Å²) in [6, 6.07) is 10.1. The molecule has 0 saturated carbocycles. The molecule has 0 aliphatic rings. The van der Waals surface area contributed by atoms with Crippen LogP contribution in [0.15, 0.2) is 35.2 Å². The molecule has 0 heterocycles. The lowest BCUT2D eigenvalue weighted by Crippen LogP contribution is -2.21. The molecule has 0 aliphatic carbocycles. The van der Waals surface area contributed by atoms with Crippen molar-refractivity contribution < 1.29 is 9.53 Å². The number of thioether (sulfide) groups is 1. The van der Waals surface area contributed by atoms with Crippen LogP contribution in [0, 0.1) is 5.92 Å². The summed E-state index contributed by atoms with van der Waals surface area (Å²) in [4.78, 5) is 12.5. The van der Waals surface area contributed by atoms with Gasteiger partial charge in [-0.25, -0.2) is 0 Å². The normalized spacial score (nSPS) is 14.3. The lowest BCUT2D eigenvalue weighted by molar-refractivity contribution is -0.144. The maximum absolute atomic E-state index is 11.3. The maximum Gasteiger partial charge on any atom is 0.309 e. The van der Waals surface area contributed by atoms with Gasteiger partial charge in [0.05, 0.1) is 13.0 Å². The first-order valence-corrected chi connectivity index (χ1v) is 5.82. The zero-order valence-electron chi connectivity index (χ0n) is 9.27. The minimum absolute atomic E-state index is 0.0831. The average molecular weight is 224 g/mol. The van der Waals surface area contributed by atoms with E-state index in [4.69, 9.17) is 4.74 Å². The quantitative estimate of drug-likeness (QED) is 0.581. The number of hydrogen-bond acceptors (Lipinski definition) is 3. The first-order valence-electron chi connectivity index (χ1n) is 4.94. The van der Waals surface area contributed by atoms with Crippen molar-refractivity contribution in [3.63, 3.8) is 0 Å². The molecule has 0 unspecified atom stereocenters. The van der Waals surface area contributed by atoms with Crippen LogP contribution in [-0.2, 0) is 9.53 Å². The number of rotatable bonds is 4. The molecular weight excluding hydrogens is 208 g/mol. The molecule has 0 N–H and O–H groups in total. The number of carbonyl (C=O) groups excluding carboxylic acids is 1. The van der Waals surface area contributed by atoms with Gasteiger partial charge in [-0.1, -0.05) is 32.0 Å². The van der Waals surface area contributed by atoms with Gasteiger partial charge in [-0.15, -0.1) is 11.8 Å². The number of carbonyl (C=O) groups is 1. The summed E-state index contributed by atoms with van der Waals surface area (Å²) in [7, 11) is 1.43. The maximum atomic E-state index is 11.3. The zero-order chi connectivity index (χ0) is 11.3. The van der Waals surface area contributed by atoms with Crippen molar-refractivity contribution in [3.8, 4) is 0 Å². The van der Waals surface area contributed by atoms with Gasteiger partial charge in [0, 0.05) is 10.1 Å². The Kier molecular flexibility index (Phi) is 4.69. The van der Waals surface area contributed by atoms with Gasteiger partial charge in [0.25, 0.3) is 0 Å². The first kappa shape index (κ1) is 12.1. The van der Waals surface area contributed by atoms with E-state index in [2.05, 4.69) is 0 Å². The van der Waals surface area contributed by atoms with Crippen molar-refractivity contribution in [2.24, 2.45) is 5.92 Å². The fourth-order valence-electron chi connectivity index (χ4n) is 1.19. The molecule has 0 radical (unpaired) electrons. The van der Waals surface area contributed by atoms with Crippen LogP contribution in [-0.4, -0.2) is 18.3 Å². The van der Waals surface area contributed by atoms with Gasteiger partial charge in [0.15, 0.2) is 0 Å². The van der Waals surface area contributed by atoms with Crippen molar-refractivity contribution in [2.75, 3.05) is 7.11 Å². The monoisotopic (exact) mass is 224 g/mol. The van der Waals surface area contributed by atoms with E-state index in [1.54, 1.807) is 11.8 Å². The summed E-state index contributed by atoms with van der Waals surface area (Å²) in [5.41, 5.74) is 0. The van der Waals surface area contributed by atoms with E-state index in [1.807, 2.05) is 44.2 Å². The molecule has 2 nitrogen and oxygen atoms in total. The molecule has 1 rings (SSSR count). The standard InChI is InChI=1S/C12H16O2S/c1-9(12(13)14-3)10(2)15-11-7-5-4-6-8-11/h4-10H,1-3H3/t9-,10+/m1/s1. The highest BCUT2D eigenvalue weighted by molar-refractivity contribution is 8.00. The van der Waals surface area contributed by atoms with Crippen LogP contribution < -0.4 is 0 Å². The smallest absolute Gasteiger partial charge is 0.309 e. The largest absolute Gasteiger partial charge is 0.469 e. The molecule has 3 heteroatoms. The zero-order valence-corrected chi connectivity index (χ0v) is 10.1. The van der Waals surface area contributed by atoms with Gasteiger partial charge >= 0.3 is 5.97 Å². The van der Waals surface area contributed by atoms with E-state index < -0.39 is 0 Å². The highest BCUT2D eigenvalue weighted by Crippen LogP contribution is 2.27. The van der Waals surface area contributed by atoms with Crippen LogP contribution >= 0.6 is 11.8 Å². The van der Waals surface area contributed by atoms with Crippen molar-refractivity contribution in [1.29, 1.82) is 0 Å². The molecule has 0 spiro atoms. The van der Waals surface area contributed by atoms with E-state index in [9.17, 15) is 4.79 Å². The second-order valence-electron chi connectivity index (χ2n) is 3.45. The predicted octanol–water partition coefficient (Wildman–Crippen LogP) is 2.98. The Labute approximate surface area is 95.0 Å². The Morgan fingerprint density at radius 2 is 1.87 bits per heavy atom. The summed E-state index contributed by atoms with van der Waals surface area (Å²) in [6.07, 6.45) is 0. The van der Waals surface area contributed by atoms with Crippen LogP contribution in [0.4, 0.5) is 0 Å². The predicted molar refractivity (Wildman–Crippen MR) is 62.9 cm³/mol. The van der Waals surface area contributed by atoms with E-state index in [0.717, 1.165) is 0 Å². The lowest BCUT2D eigenvalue weighted by atomic mass is 10.1. The average Bonchev–Trinajstić information content (AvgIpc) is 2.28. The Hall–Kier alpha value is -0.960. The van der Waals surface area contributed by atoms with E-state index in [0.29, 0.717) is 0 Å². The van der Waals surface area contributed by atoms with E-state index in [1.165, 1.54) is 12.0 Å². The summed E-state index contributed by atoms with van der Waals surface area (Å²) >= 11 is 1.69. The van der Waals surface area contributed by atoms with Gasteiger partial charge in [-0.2, -0.15) is 0 Å². The Morgan fingerprint density at radius 1 is 1.27 bits per heavy atom. The first-order chi connectivity index (χ1) is 7.15. The van der Waals surface area contributed by atoms with Crippen LogP contribution in [0.3, 0.4) is 0 Å². The molecule has 0 bridgehead atoms. The fraction of sp³-hybridized carbons (Fsp3) is 0.417. The topological polar surface area (TPSA) is 26.3 Å². The molecule has 1 aromatic carbocycles. The summed E-state index contributed by atoms with van der Waals surface area (Å²) in [5.74, 6) is -0.230. The highest BCUT2D eigenvalue weighted by atomic mass is 32.2. The minimum Gasteiger partial charge on any atom is -0.469 e. The van der Waals surface area contributed by atoms with Crippen LogP contribution in [0.1, 0.15) is 13.8 Å².